The molecule has 1 saturated heterocycles. The zero-order valence-electron chi connectivity index (χ0n) is 7.33. The van der Waals surface area contributed by atoms with Crippen molar-refractivity contribution in [1.29, 1.82) is 0 Å². The van der Waals surface area contributed by atoms with E-state index in [1.807, 2.05) is 0 Å². The third kappa shape index (κ3) is 1.98. The summed E-state index contributed by atoms with van der Waals surface area (Å²) >= 11 is 0. The minimum atomic E-state index is -1.28. The third-order valence-corrected chi connectivity index (χ3v) is 2.13. The van der Waals surface area contributed by atoms with Crippen molar-refractivity contribution in [2.75, 3.05) is 13.7 Å². The second kappa shape index (κ2) is 4.32. The first kappa shape index (κ1) is 10.8. The zero-order valence-corrected chi connectivity index (χ0v) is 7.33. The monoisotopic (exact) mass is 193 g/mol. The van der Waals surface area contributed by atoms with Crippen LogP contribution < -0.4 is 5.73 Å². The van der Waals surface area contributed by atoms with Gasteiger partial charge in [-0.3, -0.25) is 0 Å². The minimum Gasteiger partial charge on any atom is -0.388 e. The molecule has 0 aromatic carbocycles. The van der Waals surface area contributed by atoms with Gasteiger partial charge in [-0.15, -0.1) is 0 Å². The largest absolute Gasteiger partial charge is 0.388 e. The van der Waals surface area contributed by atoms with E-state index in [1.165, 1.54) is 7.11 Å². The number of ether oxygens (including phenoxy) is 2. The van der Waals surface area contributed by atoms with Crippen LogP contribution in [0.4, 0.5) is 0 Å². The summed E-state index contributed by atoms with van der Waals surface area (Å²) in [5.74, 6) is 0. The first-order valence-corrected chi connectivity index (χ1v) is 4.04. The van der Waals surface area contributed by atoms with Crippen molar-refractivity contribution in [3.8, 4) is 0 Å². The summed E-state index contributed by atoms with van der Waals surface area (Å²) < 4.78 is 9.83. The fourth-order valence-electron chi connectivity index (χ4n) is 1.31. The second-order valence-electron chi connectivity index (χ2n) is 2.99. The van der Waals surface area contributed by atoms with Crippen LogP contribution in [0.5, 0.6) is 0 Å². The first-order valence-electron chi connectivity index (χ1n) is 4.04. The molecule has 0 amide bonds. The molecular formula is C7H15NO5. The maximum atomic E-state index is 9.35. The summed E-state index contributed by atoms with van der Waals surface area (Å²) in [6, 6.07) is 0. The van der Waals surface area contributed by atoms with E-state index in [0.717, 1.165) is 0 Å². The van der Waals surface area contributed by atoms with Gasteiger partial charge in [0, 0.05) is 13.7 Å². The molecule has 5 N–H and O–H groups in total. The maximum Gasteiger partial charge on any atom is 0.186 e. The number of rotatable bonds is 2. The van der Waals surface area contributed by atoms with Gasteiger partial charge >= 0.3 is 0 Å². The van der Waals surface area contributed by atoms with Crippen molar-refractivity contribution in [3.05, 3.63) is 0 Å². The molecule has 0 aliphatic carbocycles. The van der Waals surface area contributed by atoms with Crippen LogP contribution in [-0.4, -0.2) is 59.7 Å². The van der Waals surface area contributed by atoms with E-state index < -0.39 is 30.7 Å². The molecular weight excluding hydrogens is 178 g/mol. The van der Waals surface area contributed by atoms with Crippen molar-refractivity contribution in [2.24, 2.45) is 5.73 Å². The van der Waals surface area contributed by atoms with Gasteiger partial charge in [-0.2, -0.15) is 0 Å². The van der Waals surface area contributed by atoms with E-state index in [4.69, 9.17) is 15.2 Å². The summed E-state index contributed by atoms with van der Waals surface area (Å²) in [4.78, 5) is 0. The van der Waals surface area contributed by atoms with Gasteiger partial charge in [-0.1, -0.05) is 0 Å². The lowest BCUT2D eigenvalue weighted by Gasteiger charge is -2.39. The Bertz CT molecular complexity index is 147. The lowest BCUT2D eigenvalue weighted by atomic mass is 9.99. The van der Waals surface area contributed by atoms with Crippen molar-refractivity contribution in [1.82, 2.24) is 0 Å². The highest BCUT2D eigenvalue weighted by Crippen LogP contribution is 2.20. The predicted octanol–water partition coefficient (Wildman–Crippen LogP) is -2.60. The van der Waals surface area contributed by atoms with E-state index in [1.54, 1.807) is 0 Å². The Morgan fingerprint density at radius 3 is 2.31 bits per heavy atom. The van der Waals surface area contributed by atoms with Gasteiger partial charge in [0.2, 0.25) is 0 Å². The van der Waals surface area contributed by atoms with Crippen LogP contribution in [0.15, 0.2) is 0 Å². The molecule has 1 rings (SSSR count). The van der Waals surface area contributed by atoms with Crippen LogP contribution in [0.1, 0.15) is 0 Å². The van der Waals surface area contributed by atoms with Crippen LogP contribution in [0, 0.1) is 0 Å². The molecule has 78 valence electrons. The molecule has 1 aliphatic rings. The third-order valence-electron chi connectivity index (χ3n) is 2.13. The molecule has 6 nitrogen and oxygen atoms in total. The average molecular weight is 193 g/mol. The molecule has 0 spiro atoms. The summed E-state index contributed by atoms with van der Waals surface area (Å²) in [5, 5.41) is 28.0. The SMILES string of the molecule is CO[C@@H]1O[C@H](CN)[C@@H](O)[C@H](O)[C@@H]1O. The normalized spacial score (nSPS) is 46.4. The number of methoxy groups -OCH3 is 1. The van der Waals surface area contributed by atoms with Gasteiger partial charge in [-0.05, 0) is 0 Å². The number of aliphatic hydroxyl groups excluding tert-OH is 3. The highest BCUT2D eigenvalue weighted by molar-refractivity contribution is 4.89. The van der Waals surface area contributed by atoms with Crippen molar-refractivity contribution in [3.63, 3.8) is 0 Å². The zero-order chi connectivity index (χ0) is 10.0. The summed E-state index contributed by atoms with van der Waals surface area (Å²) in [7, 11) is 1.34. The Kier molecular flexibility index (Phi) is 3.60. The van der Waals surface area contributed by atoms with E-state index in [-0.39, 0.29) is 6.54 Å². The van der Waals surface area contributed by atoms with Crippen molar-refractivity contribution < 1.29 is 24.8 Å². The van der Waals surface area contributed by atoms with Crippen LogP contribution in [0.3, 0.4) is 0 Å². The Morgan fingerprint density at radius 1 is 1.23 bits per heavy atom. The molecule has 1 aliphatic heterocycles. The Hall–Kier alpha value is -0.240. The van der Waals surface area contributed by atoms with E-state index >= 15 is 0 Å². The maximum absolute atomic E-state index is 9.35. The molecule has 6 heteroatoms. The standard InChI is InChI=1S/C7H15NO5/c1-12-7-6(11)5(10)4(9)3(2-8)13-7/h3-7,9-11H,2,8H2,1H3/t3-,4-,5+,6+,7-/m1/s1. The van der Waals surface area contributed by atoms with Gasteiger partial charge in [0.25, 0.3) is 0 Å². The molecule has 0 bridgehead atoms. The molecule has 0 aromatic rings. The summed E-state index contributed by atoms with van der Waals surface area (Å²) in [6.07, 6.45) is -5.35. The smallest absolute Gasteiger partial charge is 0.186 e. The van der Waals surface area contributed by atoms with Crippen LogP contribution in [-0.2, 0) is 9.47 Å². The highest BCUT2D eigenvalue weighted by Gasteiger charge is 2.43. The first-order chi connectivity index (χ1) is 6.11. The van der Waals surface area contributed by atoms with Crippen LogP contribution >= 0.6 is 0 Å². The highest BCUT2D eigenvalue weighted by atomic mass is 16.7. The number of hydrogen-bond acceptors (Lipinski definition) is 6. The Labute approximate surface area is 75.9 Å². The summed E-state index contributed by atoms with van der Waals surface area (Å²) in [6.45, 7) is 0.0603. The topological polar surface area (TPSA) is 105 Å². The fraction of sp³-hybridized carbons (Fsp3) is 1.00. The number of aliphatic hydroxyl groups is 3. The second-order valence-corrected chi connectivity index (χ2v) is 2.99. The van der Waals surface area contributed by atoms with E-state index in [0.29, 0.717) is 0 Å². The number of hydrogen-bond donors (Lipinski definition) is 4. The van der Waals surface area contributed by atoms with Crippen LogP contribution in [0.25, 0.3) is 0 Å². The average Bonchev–Trinajstić information content (AvgIpc) is 2.15. The van der Waals surface area contributed by atoms with Gasteiger partial charge < -0.3 is 30.5 Å². The predicted molar refractivity (Wildman–Crippen MR) is 42.7 cm³/mol. The molecule has 0 radical (unpaired) electrons. The van der Waals surface area contributed by atoms with E-state index in [9.17, 15) is 15.3 Å². The minimum absolute atomic E-state index is 0.0603. The fourth-order valence-corrected chi connectivity index (χ4v) is 1.31. The molecule has 0 unspecified atom stereocenters. The van der Waals surface area contributed by atoms with Gasteiger partial charge in [0.1, 0.15) is 24.4 Å². The molecule has 1 heterocycles. The molecule has 0 aromatic heterocycles. The van der Waals surface area contributed by atoms with Crippen LogP contribution in [0.2, 0.25) is 0 Å². The van der Waals surface area contributed by atoms with Gasteiger partial charge in [-0.25, -0.2) is 0 Å². The van der Waals surface area contributed by atoms with Gasteiger partial charge in [0.15, 0.2) is 6.29 Å². The van der Waals surface area contributed by atoms with Crippen molar-refractivity contribution >= 4 is 0 Å². The number of nitrogens with two attached hydrogens (primary N) is 1. The Balaban J connectivity index is 2.66. The quantitative estimate of drug-likeness (QED) is 0.383. The Morgan fingerprint density at radius 2 is 1.85 bits per heavy atom. The van der Waals surface area contributed by atoms with Gasteiger partial charge in [0.05, 0.1) is 0 Å². The van der Waals surface area contributed by atoms with Crippen molar-refractivity contribution in [2.45, 2.75) is 30.7 Å². The summed E-state index contributed by atoms with van der Waals surface area (Å²) in [5.41, 5.74) is 5.28. The molecule has 5 atom stereocenters. The lowest BCUT2D eigenvalue weighted by molar-refractivity contribution is -0.287. The molecule has 1 fully saturated rings. The molecule has 13 heavy (non-hydrogen) atoms. The van der Waals surface area contributed by atoms with E-state index in [2.05, 4.69) is 0 Å². The molecule has 0 saturated carbocycles. The lowest BCUT2D eigenvalue weighted by Crippen LogP contribution is -2.59.